The maximum absolute atomic E-state index is 14.7. The lowest BCUT2D eigenvalue weighted by atomic mass is 9.80. The lowest BCUT2D eigenvalue weighted by molar-refractivity contribution is -0.151. The van der Waals surface area contributed by atoms with E-state index in [0.29, 0.717) is 39.1 Å². The molecule has 362 valence electrons. The maximum atomic E-state index is 14.7. The number of hydrogen-bond donors (Lipinski definition) is 4. The molecule has 4 heterocycles. The van der Waals surface area contributed by atoms with E-state index in [2.05, 4.69) is 31.1 Å². The third-order valence-electron chi connectivity index (χ3n) is 10.4. The van der Waals surface area contributed by atoms with Gasteiger partial charge in [-0.1, -0.05) is 114 Å². The quantitative estimate of drug-likeness (QED) is 0.0227. The second-order valence-electron chi connectivity index (χ2n) is 18.0. The van der Waals surface area contributed by atoms with E-state index in [9.17, 15) is 29.1 Å². The van der Waals surface area contributed by atoms with Crippen LogP contribution in [0.1, 0.15) is 69.6 Å². The zero-order chi connectivity index (χ0) is 49.4. The number of aromatic nitrogens is 2. The Kier molecular flexibility index (Phi) is 16.0. The number of benzene rings is 3. The van der Waals surface area contributed by atoms with Crippen molar-refractivity contribution in [2.24, 2.45) is 5.16 Å². The van der Waals surface area contributed by atoms with Gasteiger partial charge >= 0.3 is 18.2 Å². The number of alkyl carbamates (subject to hydrolysis) is 1. The first-order valence-electron chi connectivity index (χ1n) is 21.9. The molecule has 3 aromatic carbocycles. The van der Waals surface area contributed by atoms with Crippen LogP contribution in [0.15, 0.2) is 124 Å². The van der Waals surface area contributed by atoms with Crippen LogP contribution in [0.3, 0.4) is 0 Å². The molecule has 0 radical (unpaired) electrons. The SMILES string of the molecule is CC(C)(C)OC(=O)NCCSCc1csc(SC2(C(=O)O)CS[C@@H]3[C@H](NC(=O)C(=NOC(c4ccccc4)(c4ccccc4)c4ccccc4)c4cccc(NC(=O)OC(C)(C)C)n4)C(=O)N3C2)n1. The van der Waals surface area contributed by atoms with Gasteiger partial charge in [0.05, 0.1) is 5.69 Å². The zero-order valence-electron chi connectivity index (χ0n) is 38.8. The van der Waals surface area contributed by atoms with Crippen molar-refractivity contribution in [1.82, 2.24) is 25.5 Å². The minimum Gasteiger partial charge on any atom is -0.480 e. The number of thiazole rings is 1. The number of carboxylic acids is 1. The number of ether oxygens (including phenoxy) is 2. The zero-order valence-corrected chi connectivity index (χ0v) is 42.1. The predicted molar refractivity (Wildman–Crippen MR) is 270 cm³/mol. The molecular weight excluding hydrogens is 959 g/mol. The highest BCUT2D eigenvalue weighted by Gasteiger charge is 2.58. The van der Waals surface area contributed by atoms with Crippen LogP contribution in [0.5, 0.6) is 0 Å². The van der Waals surface area contributed by atoms with Gasteiger partial charge in [0.1, 0.15) is 38.9 Å². The van der Waals surface area contributed by atoms with E-state index >= 15 is 0 Å². The number of fused-ring (bicyclic) bond motifs is 1. The number of β-lactam (4-membered cyclic amide) rings is 1. The van der Waals surface area contributed by atoms with Gasteiger partial charge in [0.15, 0.2) is 10.1 Å². The van der Waals surface area contributed by atoms with E-state index in [1.165, 1.54) is 40.1 Å². The first-order valence-corrected chi connectivity index (χ1v) is 25.8. The number of pyridine rings is 1. The van der Waals surface area contributed by atoms with Crippen molar-refractivity contribution in [3.8, 4) is 0 Å². The van der Waals surface area contributed by atoms with E-state index in [1.54, 1.807) is 59.4 Å². The molecule has 69 heavy (non-hydrogen) atoms. The van der Waals surface area contributed by atoms with Gasteiger partial charge in [-0.2, -0.15) is 11.8 Å². The van der Waals surface area contributed by atoms with Crippen molar-refractivity contribution in [2.75, 3.05) is 29.9 Å². The summed E-state index contributed by atoms with van der Waals surface area (Å²) in [4.78, 5) is 83.9. The smallest absolute Gasteiger partial charge is 0.413 e. The monoisotopic (exact) mass is 1010 g/mol. The summed E-state index contributed by atoms with van der Waals surface area (Å²) in [6, 6.07) is 32.0. The average molecular weight is 1010 g/mol. The normalized spacial score (nSPS) is 18.3. The third kappa shape index (κ3) is 12.6. The minimum atomic E-state index is -1.41. The van der Waals surface area contributed by atoms with Gasteiger partial charge in [-0.25, -0.2) is 19.6 Å². The van der Waals surface area contributed by atoms with Crippen LogP contribution < -0.4 is 16.0 Å². The molecule has 7 rings (SSSR count). The molecule has 4 amide bonds. The predicted octanol–water partition coefficient (Wildman–Crippen LogP) is 8.37. The Morgan fingerprint density at radius 2 is 1.42 bits per heavy atom. The molecule has 2 aliphatic rings. The average Bonchev–Trinajstić information content (AvgIpc) is 3.75. The molecule has 2 aliphatic heterocycles. The fraction of sp³-hybridized carbons (Fsp3) is 0.347. The van der Waals surface area contributed by atoms with Crippen LogP contribution in [0, 0.1) is 0 Å². The van der Waals surface area contributed by atoms with E-state index in [4.69, 9.17) is 14.3 Å². The van der Waals surface area contributed by atoms with Crippen LogP contribution in [-0.4, -0.2) is 108 Å². The Bertz CT molecular complexity index is 2570. The molecule has 4 N–H and O–H groups in total. The van der Waals surface area contributed by atoms with Gasteiger partial charge in [0.2, 0.25) is 11.5 Å². The molecule has 0 spiro atoms. The lowest BCUT2D eigenvalue weighted by Crippen LogP contribution is -2.74. The molecule has 3 atom stereocenters. The number of anilines is 1. The molecule has 5 aromatic rings. The number of carbonyl (C=O) groups is 5. The second-order valence-corrected chi connectivity index (χ2v) is 22.7. The highest BCUT2D eigenvalue weighted by Crippen LogP contribution is 2.47. The van der Waals surface area contributed by atoms with Crippen LogP contribution >= 0.6 is 46.6 Å². The number of nitrogens with zero attached hydrogens (tertiary/aromatic N) is 4. The molecule has 0 saturated carbocycles. The van der Waals surface area contributed by atoms with Gasteiger partial charge in [0.25, 0.3) is 5.91 Å². The number of aliphatic carboxylic acids is 1. The first-order chi connectivity index (χ1) is 32.9. The number of nitrogens with one attached hydrogen (secondary N) is 3. The second kappa shape index (κ2) is 21.7. The van der Waals surface area contributed by atoms with Crippen LogP contribution in [0.4, 0.5) is 15.4 Å². The van der Waals surface area contributed by atoms with Gasteiger partial charge in [-0.15, -0.1) is 23.1 Å². The first kappa shape index (κ1) is 50.8. The minimum absolute atomic E-state index is 0.0176. The molecule has 16 nitrogen and oxygen atoms in total. The molecule has 20 heteroatoms. The van der Waals surface area contributed by atoms with Gasteiger partial charge in [-0.05, 0) is 53.7 Å². The molecule has 2 saturated heterocycles. The number of amides is 4. The Labute approximate surface area is 417 Å². The van der Waals surface area contributed by atoms with Crippen LogP contribution in [0.2, 0.25) is 0 Å². The van der Waals surface area contributed by atoms with Gasteiger partial charge in [0, 0.05) is 52.4 Å². The summed E-state index contributed by atoms with van der Waals surface area (Å²) in [7, 11) is 0. The Hall–Kier alpha value is -6.09. The summed E-state index contributed by atoms with van der Waals surface area (Å²) in [5.41, 5.74) is -0.159. The summed E-state index contributed by atoms with van der Waals surface area (Å²) < 4.78 is 9.85. The van der Waals surface area contributed by atoms with Crippen LogP contribution in [-0.2, 0) is 40.0 Å². The number of carbonyl (C=O) groups excluding carboxylic acids is 4. The van der Waals surface area contributed by atoms with Crippen molar-refractivity contribution in [3.05, 3.63) is 143 Å². The molecule has 0 aliphatic carbocycles. The summed E-state index contributed by atoms with van der Waals surface area (Å²) in [6.45, 7) is 10.9. The van der Waals surface area contributed by atoms with Crippen LogP contribution in [0.25, 0.3) is 0 Å². The highest BCUT2D eigenvalue weighted by molar-refractivity contribution is 8.06. The summed E-state index contributed by atoms with van der Waals surface area (Å²) in [6.07, 6.45) is -1.24. The molecule has 0 bridgehead atoms. The fourth-order valence-electron chi connectivity index (χ4n) is 7.32. The summed E-state index contributed by atoms with van der Waals surface area (Å²) in [5.74, 6) is -0.994. The summed E-state index contributed by atoms with van der Waals surface area (Å²) in [5, 5.41) is 24.7. The topological polar surface area (TPSA) is 211 Å². The summed E-state index contributed by atoms with van der Waals surface area (Å²) >= 11 is 5.25. The fourth-order valence-corrected chi connectivity index (χ4v) is 12.2. The van der Waals surface area contributed by atoms with E-state index in [0.717, 1.165) is 17.5 Å². The van der Waals surface area contributed by atoms with Crippen molar-refractivity contribution in [1.29, 1.82) is 0 Å². The molecule has 2 fully saturated rings. The number of rotatable bonds is 17. The molecular formula is C49H53N7O9S4. The van der Waals surface area contributed by atoms with E-state index < -0.39 is 62.9 Å². The van der Waals surface area contributed by atoms with Crippen molar-refractivity contribution in [3.63, 3.8) is 0 Å². The number of thioether (sulfide) groups is 3. The van der Waals surface area contributed by atoms with E-state index in [1.807, 2.05) is 96.4 Å². The standard InChI is InChI=1S/C49H53N7O9S4/c1-46(2,3)63-43(61)50-25-26-66-27-34-28-67-45(51-34)69-48(42(59)60)29-56-40(58)38(41(56)68-30-48)54-39(57)37(35-23-16-24-36(52-35)53-44(62)64-47(4,5)6)55-65-49(31-17-10-7-11-18-31,32-19-12-8-13-20-32)33-21-14-9-15-22-33/h7-24,28,38,41H,25-27,29-30H2,1-6H3,(H,50,61)(H,54,57)(H,59,60)(H,52,53,62)/t38-,41-,48?/m1/s1. The number of hydrogen-bond acceptors (Lipinski definition) is 15. The number of carboxylic acid groups (broad SMARTS) is 1. The molecule has 2 aromatic heterocycles. The van der Waals surface area contributed by atoms with Crippen molar-refractivity contribution in [2.45, 2.75) is 84.6 Å². The Balaban J connectivity index is 1.11. The van der Waals surface area contributed by atoms with Gasteiger partial charge in [-0.3, -0.25) is 19.7 Å². The van der Waals surface area contributed by atoms with Crippen molar-refractivity contribution >= 4 is 88.1 Å². The highest BCUT2D eigenvalue weighted by atomic mass is 32.2. The third-order valence-corrected chi connectivity index (χ3v) is 15.4. The molecule has 1 unspecified atom stereocenters. The largest absolute Gasteiger partial charge is 0.480 e. The maximum Gasteiger partial charge on any atom is 0.413 e. The Morgan fingerprint density at radius 1 is 0.826 bits per heavy atom. The van der Waals surface area contributed by atoms with E-state index in [-0.39, 0.29) is 29.5 Å². The Morgan fingerprint density at radius 3 is 2.00 bits per heavy atom. The number of oxime groups is 1. The van der Waals surface area contributed by atoms with Gasteiger partial charge < -0.3 is 35.0 Å². The van der Waals surface area contributed by atoms with Crippen molar-refractivity contribution < 1.29 is 43.4 Å². The lowest BCUT2D eigenvalue weighted by Gasteiger charge is -2.53.